The fraction of sp³-hybridized carbons (Fsp3) is 0.333. The number of aromatic nitrogens is 2. The summed E-state index contributed by atoms with van der Waals surface area (Å²) < 4.78 is 8.56. The number of carbonyl (C=O) groups is 1. The monoisotopic (exact) mass is 389 g/mol. The van der Waals surface area contributed by atoms with Crippen LogP contribution in [0.4, 0.5) is 0 Å². The van der Waals surface area contributed by atoms with Gasteiger partial charge in [-0.1, -0.05) is 48.5 Å². The van der Waals surface area contributed by atoms with Crippen LogP contribution in [0.15, 0.2) is 60.7 Å². The average Bonchev–Trinajstić information content (AvgIpc) is 3.02. The minimum Gasteiger partial charge on any atom is -0.365 e. The van der Waals surface area contributed by atoms with Crippen LogP contribution in [0.3, 0.4) is 0 Å². The van der Waals surface area contributed by atoms with Crippen molar-refractivity contribution in [3.63, 3.8) is 0 Å². The molecular formula is C24H27N3O2. The topological polar surface area (TPSA) is 56.2 Å². The van der Waals surface area contributed by atoms with Crippen LogP contribution in [0, 0.1) is 13.8 Å². The molecule has 1 N–H and O–H groups in total. The smallest absolute Gasteiger partial charge is 0.217 e. The second-order valence-electron chi connectivity index (χ2n) is 7.72. The zero-order valence-corrected chi connectivity index (χ0v) is 17.1. The number of nitrogens with one attached hydrogen (secondary N) is 1. The van der Waals surface area contributed by atoms with Crippen molar-refractivity contribution in [2.24, 2.45) is 0 Å². The fourth-order valence-electron chi connectivity index (χ4n) is 4.34. The summed E-state index contributed by atoms with van der Waals surface area (Å²) >= 11 is 0. The first-order valence-electron chi connectivity index (χ1n) is 10.1. The van der Waals surface area contributed by atoms with Crippen molar-refractivity contribution >= 4 is 5.91 Å². The van der Waals surface area contributed by atoms with Crippen molar-refractivity contribution in [2.45, 2.75) is 51.9 Å². The molecule has 3 atom stereocenters. The number of hydrogen-bond donors (Lipinski definition) is 1. The molecule has 0 aliphatic carbocycles. The molecule has 2 heterocycles. The lowest BCUT2D eigenvalue weighted by Gasteiger charge is -2.36. The molecule has 0 unspecified atom stereocenters. The number of nitrogens with zero attached hydrogens (tertiary/aromatic N) is 2. The molecule has 0 bridgehead atoms. The van der Waals surface area contributed by atoms with Crippen LogP contribution in [0.2, 0.25) is 0 Å². The van der Waals surface area contributed by atoms with E-state index in [1.54, 1.807) is 6.92 Å². The lowest BCUT2D eigenvalue weighted by molar-refractivity contribution is -0.122. The van der Waals surface area contributed by atoms with Crippen LogP contribution in [0.1, 0.15) is 54.5 Å². The molecule has 1 amide bonds. The summed E-state index contributed by atoms with van der Waals surface area (Å²) in [6.07, 6.45) is 1.32. The van der Waals surface area contributed by atoms with Crippen molar-refractivity contribution in [3.8, 4) is 5.69 Å². The molecule has 29 heavy (non-hydrogen) atoms. The van der Waals surface area contributed by atoms with Crippen LogP contribution < -0.4 is 5.32 Å². The predicted molar refractivity (Wildman–Crippen MR) is 113 cm³/mol. The highest BCUT2D eigenvalue weighted by Crippen LogP contribution is 2.41. The Morgan fingerprint density at radius 1 is 1.00 bits per heavy atom. The van der Waals surface area contributed by atoms with Crippen LogP contribution in [-0.2, 0) is 9.53 Å². The van der Waals surface area contributed by atoms with Gasteiger partial charge in [0.05, 0.1) is 23.6 Å². The second kappa shape index (κ2) is 8.21. The van der Waals surface area contributed by atoms with Gasteiger partial charge >= 0.3 is 0 Å². The normalized spacial score (nSPS) is 21.7. The first kappa shape index (κ1) is 19.4. The number of benzene rings is 2. The van der Waals surface area contributed by atoms with Gasteiger partial charge in [0.25, 0.3) is 0 Å². The summed E-state index contributed by atoms with van der Waals surface area (Å²) in [5.74, 6) is -0.00381. The minimum absolute atomic E-state index is 0.00381. The zero-order chi connectivity index (χ0) is 20.4. The van der Waals surface area contributed by atoms with Crippen LogP contribution >= 0.6 is 0 Å². The molecular weight excluding hydrogens is 362 g/mol. The number of carbonyl (C=O) groups excluding carboxylic acids is 1. The third kappa shape index (κ3) is 4.10. The van der Waals surface area contributed by atoms with Crippen LogP contribution in [0.25, 0.3) is 5.69 Å². The summed E-state index contributed by atoms with van der Waals surface area (Å²) in [6.45, 7) is 5.70. The van der Waals surface area contributed by atoms with Gasteiger partial charge in [-0.05, 0) is 44.4 Å². The molecule has 1 fully saturated rings. The van der Waals surface area contributed by atoms with Gasteiger partial charge < -0.3 is 10.1 Å². The summed E-state index contributed by atoms with van der Waals surface area (Å²) in [4.78, 5) is 11.8. The van der Waals surface area contributed by atoms with Gasteiger partial charge in [0, 0.05) is 24.2 Å². The molecule has 0 radical (unpaired) electrons. The number of rotatable bonds is 4. The van der Waals surface area contributed by atoms with Crippen molar-refractivity contribution in [1.82, 2.24) is 15.1 Å². The van der Waals surface area contributed by atoms with E-state index in [1.807, 2.05) is 48.0 Å². The van der Waals surface area contributed by atoms with E-state index >= 15 is 0 Å². The summed E-state index contributed by atoms with van der Waals surface area (Å²) in [5, 5.41) is 7.90. The van der Waals surface area contributed by atoms with Crippen molar-refractivity contribution < 1.29 is 9.53 Å². The lowest BCUT2D eigenvalue weighted by Crippen LogP contribution is -2.40. The molecule has 3 aromatic rings. The van der Waals surface area contributed by atoms with Crippen LogP contribution in [-0.4, -0.2) is 21.7 Å². The number of amides is 1. The highest BCUT2D eigenvalue weighted by atomic mass is 16.5. The highest BCUT2D eigenvalue weighted by Gasteiger charge is 2.34. The van der Waals surface area contributed by atoms with Gasteiger partial charge in [0.2, 0.25) is 5.91 Å². The lowest BCUT2D eigenvalue weighted by atomic mass is 9.90. The second-order valence-corrected chi connectivity index (χ2v) is 7.72. The SMILES string of the molecule is CC(=O)N[C@H]1C[C@@H](c2c(C)nn(-c3ccccc3)c2C)O[C@@H](c2ccccc2)C1. The minimum atomic E-state index is -0.122. The van der Waals surface area contributed by atoms with Gasteiger partial charge in [0.1, 0.15) is 0 Å². The number of ether oxygens (including phenoxy) is 1. The number of hydrogen-bond acceptors (Lipinski definition) is 3. The Balaban J connectivity index is 1.69. The van der Waals surface area contributed by atoms with E-state index in [-0.39, 0.29) is 24.2 Å². The van der Waals surface area contributed by atoms with E-state index in [0.29, 0.717) is 0 Å². The Labute approximate surface area is 171 Å². The van der Waals surface area contributed by atoms with Crippen molar-refractivity contribution in [3.05, 3.63) is 83.2 Å². The molecule has 1 aliphatic heterocycles. The molecule has 2 aromatic carbocycles. The van der Waals surface area contributed by atoms with Gasteiger partial charge in [-0.2, -0.15) is 5.10 Å². The molecule has 1 aromatic heterocycles. The van der Waals surface area contributed by atoms with Gasteiger partial charge in [-0.15, -0.1) is 0 Å². The third-order valence-corrected chi connectivity index (χ3v) is 5.57. The van der Waals surface area contributed by atoms with E-state index in [1.165, 1.54) is 0 Å². The standard InChI is InChI=1S/C24H27N3O2/c1-16-24(17(2)27(26-16)21-12-8-5-9-13-21)23-15-20(25-18(3)28)14-22(29-23)19-10-6-4-7-11-19/h4-13,20,22-23H,14-15H2,1-3H3,(H,25,28)/t20-,22-,23+/m1/s1. The molecule has 5 heteroatoms. The first-order chi connectivity index (χ1) is 14.0. The summed E-state index contributed by atoms with van der Waals surface area (Å²) in [6, 6.07) is 20.4. The van der Waals surface area contributed by atoms with Gasteiger partial charge in [-0.25, -0.2) is 4.68 Å². The summed E-state index contributed by atoms with van der Waals surface area (Å²) in [5.41, 5.74) is 5.33. The number of aryl methyl sites for hydroxylation is 1. The van der Waals surface area contributed by atoms with E-state index < -0.39 is 0 Å². The maximum atomic E-state index is 11.8. The fourth-order valence-corrected chi connectivity index (χ4v) is 4.34. The molecule has 150 valence electrons. The van der Waals surface area contributed by atoms with Crippen LogP contribution in [0.5, 0.6) is 0 Å². The maximum absolute atomic E-state index is 11.8. The maximum Gasteiger partial charge on any atom is 0.217 e. The van der Waals surface area contributed by atoms with E-state index in [2.05, 4.69) is 36.5 Å². The molecule has 1 saturated heterocycles. The van der Waals surface area contributed by atoms with E-state index in [4.69, 9.17) is 9.84 Å². The predicted octanol–water partition coefficient (Wildman–Crippen LogP) is 4.59. The van der Waals surface area contributed by atoms with Gasteiger partial charge in [-0.3, -0.25) is 4.79 Å². The highest BCUT2D eigenvalue weighted by molar-refractivity contribution is 5.73. The van der Waals surface area contributed by atoms with Crippen molar-refractivity contribution in [2.75, 3.05) is 0 Å². The zero-order valence-electron chi connectivity index (χ0n) is 17.1. The number of para-hydroxylation sites is 1. The Kier molecular flexibility index (Phi) is 5.49. The van der Waals surface area contributed by atoms with Gasteiger partial charge in [0.15, 0.2) is 0 Å². The van der Waals surface area contributed by atoms with E-state index in [0.717, 1.165) is 41.0 Å². The van der Waals surface area contributed by atoms with E-state index in [9.17, 15) is 4.79 Å². The Morgan fingerprint density at radius 2 is 1.62 bits per heavy atom. The Hall–Kier alpha value is -2.92. The summed E-state index contributed by atoms with van der Waals surface area (Å²) in [7, 11) is 0. The Morgan fingerprint density at radius 3 is 2.28 bits per heavy atom. The molecule has 0 spiro atoms. The third-order valence-electron chi connectivity index (χ3n) is 5.57. The average molecular weight is 389 g/mol. The molecule has 1 aliphatic rings. The molecule has 4 rings (SSSR count). The van der Waals surface area contributed by atoms with Crippen molar-refractivity contribution in [1.29, 1.82) is 0 Å². The molecule has 0 saturated carbocycles. The Bertz CT molecular complexity index is 982. The molecule has 5 nitrogen and oxygen atoms in total. The largest absolute Gasteiger partial charge is 0.365 e. The quantitative estimate of drug-likeness (QED) is 0.710. The first-order valence-corrected chi connectivity index (χ1v) is 10.1.